The Hall–Kier alpha value is -4.46. The zero-order chi connectivity index (χ0) is 21.1. The van der Waals surface area contributed by atoms with Crippen molar-refractivity contribution >= 4 is 22.1 Å². The van der Waals surface area contributed by atoms with Crippen molar-refractivity contribution in [3.05, 3.63) is 105 Å². The third kappa shape index (κ3) is 3.74. The first-order valence-corrected chi connectivity index (χ1v) is 8.88. The highest BCUT2D eigenvalue weighted by Crippen LogP contribution is 2.42. The Morgan fingerprint density at radius 1 is 0.533 bits per heavy atom. The Balaban J connectivity index is 1.83. The lowest BCUT2D eigenvalue weighted by Gasteiger charge is -2.14. The summed E-state index contributed by atoms with van der Waals surface area (Å²) >= 11 is 0. The van der Waals surface area contributed by atoms with Gasteiger partial charge < -0.3 is 9.47 Å². The van der Waals surface area contributed by atoms with Gasteiger partial charge in [-0.25, -0.2) is 0 Å². The SMILES string of the molecule is O=[N+]([O-])c1ccccc1Oc1cc2ccccc2cc1Oc1ccccc1[N+](=O)[O-]. The molecular weight excluding hydrogens is 388 g/mol. The van der Waals surface area contributed by atoms with Gasteiger partial charge in [-0.3, -0.25) is 20.2 Å². The molecule has 0 aliphatic rings. The van der Waals surface area contributed by atoms with Gasteiger partial charge in [-0.2, -0.15) is 0 Å². The van der Waals surface area contributed by atoms with Crippen molar-refractivity contribution in [2.45, 2.75) is 0 Å². The summed E-state index contributed by atoms with van der Waals surface area (Å²) in [4.78, 5) is 21.6. The number of hydrogen-bond donors (Lipinski definition) is 0. The first-order valence-electron chi connectivity index (χ1n) is 8.88. The summed E-state index contributed by atoms with van der Waals surface area (Å²) in [5.41, 5.74) is -0.412. The average Bonchev–Trinajstić information content (AvgIpc) is 2.74. The fraction of sp³-hybridized carbons (Fsp3) is 0. The van der Waals surface area contributed by atoms with Crippen molar-refractivity contribution in [3.8, 4) is 23.0 Å². The van der Waals surface area contributed by atoms with E-state index in [0.717, 1.165) is 10.8 Å². The van der Waals surface area contributed by atoms with Gasteiger partial charge in [0.25, 0.3) is 0 Å². The maximum absolute atomic E-state index is 11.3. The van der Waals surface area contributed by atoms with E-state index in [4.69, 9.17) is 9.47 Å². The van der Waals surface area contributed by atoms with Gasteiger partial charge in [0.1, 0.15) is 0 Å². The number of benzene rings is 4. The van der Waals surface area contributed by atoms with E-state index in [2.05, 4.69) is 0 Å². The number of rotatable bonds is 6. The fourth-order valence-electron chi connectivity index (χ4n) is 2.98. The van der Waals surface area contributed by atoms with E-state index in [1.54, 1.807) is 24.3 Å². The van der Waals surface area contributed by atoms with E-state index in [1.165, 1.54) is 36.4 Å². The molecule has 4 aromatic rings. The van der Waals surface area contributed by atoms with E-state index in [9.17, 15) is 20.2 Å². The van der Waals surface area contributed by atoms with Crippen LogP contribution >= 0.6 is 0 Å². The summed E-state index contributed by atoms with van der Waals surface area (Å²) in [6, 6.07) is 22.7. The summed E-state index contributed by atoms with van der Waals surface area (Å²) < 4.78 is 11.7. The Morgan fingerprint density at radius 3 is 1.30 bits per heavy atom. The van der Waals surface area contributed by atoms with Gasteiger partial charge in [-0.15, -0.1) is 0 Å². The lowest BCUT2D eigenvalue weighted by molar-refractivity contribution is -0.385. The van der Waals surface area contributed by atoms with E-state index in [0.29, 0.717) is 0 Å². The molecule has 0 bridgehead atoms. The highest BCUT2D eigenvalue weighted by molar-refractivity contribution is 5.86. The second kappa shape index (κ2) is 7.88. The summed E-state index contributed by atoms with van der Waals surface area (Å²) in [5, 5.41) is 24.3. The predicted octanol–water partition coefficient (Wildman–Crippen LogP) is 6.24. The van der Waals surface area contributed by atoms with E-state index < -0.39 is 9.85 Å². The molecule has 0 saturated carbocycles. The highest BCUT2D eigenvalue weighted by Gasteiger charge is 2.20. The third-order valence-electron chi connectivity index (χ3n) is 4.38. The summed E-state index contributed by atoms with van der Waals surface area (Å²) in [6.45, 7) is 0. The number of ether oxygens (including phenoxy) is 2. The van der Waals surface area contributed by atoms with Gasteiger partial charge in [0, 0.05) is 12.1 Å². The maximum atomic E-state index is 11.3. The zero-order valence-electron chi connectivity index (χ0n) is 15.4. The molecular formula is C22H14N2O6. The monoisotopic (exact) mass is 402 g/mol. The van der Waals surface area contributed by atoms with Crippen molar-refractivity contribution in [1.82, 2.24) is 0 Å². The molecule has 4 rings (SSSR count). The number of nitrogens with zero attached hydrogens (tertiary/aromatic N) is 2. The van der Waals surface area contributed by atoms with Crippen LogP contribution in [0.4, 0.5) is 11.4 Å². The predicted molar refractivity (Wildman–Crippen MR) is 110 cm³/mol. The molecule has 148 valence electrons. The first kappa shape index (κ1) is 18.9. The lowest BCUT2D eigenvalue weighted by Crippen LogP contribution is -1.97. The molecule has 8 nitrogen and oxygen atoms in total. The second-order valence-electron chi connectivity index (χ2n) is 6.30. The van der Waals surface area contributed by atoms with E-state index in [-0.39, 0.29) is 34.4 Å². The molecule has 8 heteroatoms. The molecule has 0 aromatic heterocycles. The van der Waals surface area contributed by atoms with Crippen LogP contribution in [0.15, 0.2) is 84.9 Å². The Kier molecular flexibility index (Phi) is 4.96. The van der Waals surface area contributed by atoms with Crippen molar-refractivity contribution < 1.29 is 19.3 Å². The van der Waals surface area contributed by atoms with Crippen LogP contribution in [0, 0.1) is 20.2 Å². The van der Waals surface area contributed by atoms with Gasteiger partial charge in [0.2, 0.25) is 11.5 Å². The van der Waals surface area contributed by atoms with Crippen molar-refractivity contribution in [2.24, 2.45) is 0 Å². The number of nitro benzene ring substituents is 2. The largest absolute Gasteiger partial charge is 0.446 e. The molecule has 0 fully saturated rings. The quantitative estimate of drug-likeness (QED) is 0.279. The molecule has 0 N–H and O–H groups in total. The second-order valence-corrected chi connectivity index (χ2v) is 6.30. The number of nitro groups is 2. The molecule has 0 radical (unpaired) electrons. The third-order valence-corrected chi connectivity index (χ3v) is 4.38. The van der Waals surface area contributed by atoms with Crippen LogP contribution in [0.2, 0.25) is 0 Å². The van der Waals surface area contributed by atoms with Crippen molar-refractivity contribution in [1.29, 1.82) is 0 Å². The standard InChI is InChI=1S/C22H14N2O6/c25-23(26)17-9-3-5-11-19(17)29-21-13-15-7-1-2-8-16(15)14-22(21)30-20-12-6-4-10-18(20)24(27)28/h1-14H. The summed E-state index contributed by atoms with van der Waals surface area (Å²) in [5.74, 6) is 0.456. The Morgan fingerprint density at radius 2 is 0.900 bits per heavy atom. The molecule has 0 amide bonds. The van der Waals surface area contributed by atoms with Gasteiger partial charge in [-0.05, 0) is 35.0 Å². The molecule has 0 aliphatic heterocycles. The fourth-order valence-corrected chi connectivity index (χ4v) is 2.98. The summed E-state index contributed by atoms with van der Waals surface area (Å²) in [6.07, 6.45) is 0. The summed E-state index contributed by atoms with van der Waals surface area (Å²) in [7, 11) is 0. The van der Waals surface area contributed by atoms with Crippen LogP contribution in [-0.2, 0) is 0 Å². The topological polar surface area (TPSA) is 105 Å². The van der Waals surface area contributed by atoms with Crippen LogP contribution < -0.4 is 9.47 Å². The van der Waals surface area contributed by atoms with E-state index >= 15 is 0 Å². The minimum atomic E-state index is -0.543. The van der Waals surface area contributed by atoms with Crippen LogP contribution in [0.5, 0.6) is 23.0 Å². The molecule has 0 saturated heterocycles. The van der Waals surface area contributed by atoms with Crippen LogP contribution in [0.3, 0.4) is 0 Å². The molecule has 0 aliphatic carbocycles. The van der Waals surface area contributed by atoms with Gasteiger partial charge in [0.05, 0.1) is 9.85 Å². The zero-order valence-corrected chi connectivity index (χ0v) is 15.4. The van der Waals surface area contributed by atoms with Crippen LogP contribution in [-0.4, -0.2) is 9.85 Å². The minimum Gasteiger partial charge on any atom is -0.446 e. The molecule has 0 unspecified atom stereocenters. The number of fused-ring (bicyclic) bond motifs is 1. The van der Waals surface area contributed by atoms with Crippen molar-refractivity contribution in [3.63, 3.8) is 0 Å². The normalized spacial score (nSPS) is 10.5. The van der Waals surface area contributed by atoms with Gasteiger partial charge in [-0.1, -0.05) is 48.5 Å². The first-order chi connectivity index (χ1) is 14.5. The van der Waals surface area contributed by atoms with E-state index in [1.807, 2.05) is 24.3 Å². The van der Waals surface area contributed by atoms with Crippen LogP contribution in [0.25, 0.3) is 10.8 Å². The molecule has 0 spiro atoms. The lowest BCUT2D eigenvalue weighted by atomic mass is 10.1. The number of para-hydroxylation sites is 4. The highest BCUT2D eigenvalue weighted by atomic mass is 16.6. The minimum absolute atomic E-state index is 0.0326. The van der Waals surface area contributed by atoms with Crippen LogP contribution in [0.1, 0.15) is 0 Å². The maximum Gasteiger partial charge on any atom is 0.311 e. The smallest absolute Gasteiger partial charge is 0.311 e. The molecule has 30 heavy (non-hydrogen) atoms. The Labute approximate surface area is 170 Å². The van der Waals surface area contributed by atoms with Gasteiger partial charge in [0.15, 0.2) is 11.5 Å². The average molecular weight is 402 g/mol. The number of hydrogen-bond acceptors (Lipinski definition) is 6. The molecule has 0 atom stereocenters. The molecule has 4 aromatic carbocycles. The Bertz CT molecular complexity index is 1170. The van der Waals surface area contributed by atoms with Gasteiger partial charge >= 0.3 is 11.4 Å². The van der Waals surface area contributed by atoms with Crippen molar-refractivity contribution in [2.75, 3.05) is 0 Å². The molecule has 0 heterocycles.